The molecule has 0 spiro atoms. The molecule has 0 unspecified atom stereocenters. The van der Waals surface area contributed by atoms with Crippen molar-refractivity contribution in [1.29, 1.82) is 0 Å². The van der Waals surface area contributed by atoms with Crippen LogP contribution in [0, 0.1) is 0 Å². The van der Waals surface area contributed by atoms with Crippen molar-refractivity contribution in [2.24, 2.45) is 0 Å². The van der Waals surface area contributed by atoms with Gasteiger partial charge in [0.15, 0.2) is 4.34 Å². The Kier molecular flexibility index (Phi) is 2.97. The zero-order valence-corrected chi connectivity index (χ0v) is 9.53. The van der Waals surface area contributed by atoms with Gasteiger partial charge in [-0.1, -0.05) is 16.9 Å². The standard InChI is InChI=1S/C6H4BrN3OS2/c7-5-1-4(11-10-5)2-12-6-8-3-9-13-6/h1,3H,2H2. The van der Waals surface area contributed by atoms with Crippen molar-refractivity contribution in [3.05, 3.63) is 22.8 Å². The van der Waals surface area contributed by atoms with E-state index in [0.717, 1.165) is 20.5 Å². The topological polar surface area (TPSA) is 51.8 Å². The van der Waals surface area contributed by atoms with Crippen LogP contribution in [0.25, 0.3) is 0 Å². The number of nitrogens with zero attached hydrogens (tertiary/aromatic N) is 3. The monoisotopic (exact) mass is 277 g/mol. The van der Waals surface area contributed by atoms with E-state index in [1.54, 1.807) is 18.1 Å². The van der Waals surface area contributed by atoms with Crippen molar-refractivity contribution in [1.82, 2.24) is 14.5 Å². The quantitative estimate of drug-likeness (QED) is 0.808. The Morgan fingerprint density at radius 3 is 3.15 bits per heavy atom. The van der Waals surface area contributed by atoms with E-state index in [0.29, 0.717) is 0 Å². The average Bonchev–Trinajstić information content (AvgIpc) is 2.71. The van der Waals surface area contributed by atoms with Gasteiger partial charge in [-0.3, -0.25) is 0 Å². The lowest BCUT2D eigenvalue weighted by Crippen LogP contribution is -1.73. The highest BCUT2D eigenvalue weighted by Gasteiger charge is 2.03. The Morgan fingerprint density at radius 2 is 2.54 bits per heavy atom. The molecule has 2 aromatic heterocycles. The van der Waals surface area contributed by atoms with E-state index in [2.05, 4.69) is 30.4 Å². The second-order valence-corrected chi connectivity index (χ2v) is 4.93. The molecule has 2 aromatic rings. The van der Waals surface area contributed by atoms with Gasteiger partial charge in [0.1, 0.15) is 16.7 Å². The predicted octanol–water partition coefficient (Wildman–Crippen LogP) is 2.58. The first kappa shape index (κ1) is 9.17. The van der Waals surface area contributed by atoms with Crippen LogP contribution in [0.4, 0.5) is 0 Å². The van der Waals surface area contributed by atoms with Crippen LogP contribution in [0.2, 0.25) is 0 Å². The molecule has 0 saturated heterocycles. The van der Waals surface area contributed by atoms with Gasteiger partial charge >= 0.3 is 0 Å². The lowest BCUT2D eigenvalue weighted by Gasteiger charge is -1.89. The minimum absolute atomic E-state index is 0.723. The third-order valence-electron chi connectivity index (χ3n) is 1.21. The molecule has 7 heteroatoms. The Hall–Kier alpha value is -0.400. The predicted molar refractivity (Wildman–Crippen MR) is 53.7 cm³/mol. The van der Waals surface area contributed by atoms with Crippen LogP contribution in [0.5, 0.6) is 0 Å². The third-order valence-corrected chi connectivity index (χ3v) is 3.40. The Balaban J connectivity index is 1.93. The van der Waals surface area contributed by atoms with Crippen LogP contribution >= 0.6 is 39.2 Å². The first-order valence-electron chi connectivity index (χ1n) is 3.35. The van der Waals surface area contributed by atoms with Crippen LogP contribution in [0.1, 0.15) is 5.76 Å². The lowest BCUT2D eigenvalue weighted by atomic mass is 10.5. The van der Waals surface area contributed by atoms with Crippen LogP contribution in [0.15, 0.2) is 25.9 Å². The van der Waals surface area contributed by atoms with Gasteiger partial charge in [0, 0.05) is 6.07 Å². The lowest BCUT2D eigenvalue weighted by molar-refractivity contribution is 0.391. The molecule has 2 rings (SSSR count). The fourth-order valence-electron chi connectivity index (χ4n) is 0.715. The Morgan fingerprint density at radius 1 is 1.62 bits per heavy atom. The largest absolute Gasteiger partial charge is 0.359 e. The molecule has 4 nitrogen and oxygen atoms in total. The molecule has 0 amide bonds. The van der Waals surface area contributed by atoms with Crippen molar-refractivity contribution < 1.29 is 4.52 Å². The van der Waals surface area contributed by atoms with Crippen molar-refractivity contribution in [3.63, 3.8) is 0 Å². The summed E-state index contributed by atoms with van der Waals surface area (Å²) >= 11 is 6.17. The van der Waals surface area contributed by atoms with E-state index in [1.807, 2.05) is 6.07 Å². The number of hydrogen-bond acceptors (Lipinski definition) is 6. The van der Waals surface area contributed by atoms with Gasteiger partial charge in [0.05, 0.1) is 5.75 Å². The van der Waals surface area contributed by atoms with Gasteiger partial charge in [0.25, 0.3) is 0 Å². The van der Waals surface area contributed by atoms with Crippen molar-refractivity contribution in [2.45, 2.75) is 10.1 Å². The first-order valence-corrected chi connectivity index (χ1v) is 5.90. The third kappa shape index (κ3) is 2.52. The smallest absolute Gasteiger partial charge is 0.170 e. The maximum absolute atomic E-state index is 5.00. The molecule has 2 heterocycles. The normalized spacial score (nSPS) is 10.5. The Labute approximate surface area is 91.0 Å². The summed E-state index contributed by atoms with van der Waals surface area (Å²) in [5.74, 6) is 1.56. The molecule has 0 atom stereocenters. The van der Waals surface area contributed by atoms with E-state index in [4.69, 9.17) is 4.52 Å². The summed E-state index contributed by atoms with van der Waals surface area (Å²) < 4.78 is 10.6. The number of halogens is 1. The summed E-state index contributed by atoms with van der Waals surface area (Å²) in [7, 11) is 0. The van der Waals surface area contributed by atoms with E-state index >= 15 is 0 Å². The summed E-state index contributed by atoms with van der Waals surface area (Å²) in [6, 6.07) is 1.84. The van der Waals surface area contributed by atoms with Gasteiger partial charge in [-0.15, -0.1) is 0 Å². The van der Waals surface area contributed by atoms with Crippen molar-refractivity contribution in [2.75, 3.05) is 0 Å². The van der Waals surface area contributed by atoms with Crippen molar-refractivity contribution >= 4 is 39.2 Å². The Bertz CT molecular complexity index is 375. The van der Waals surface area contributed by atoms with Gasteiger partial charge < -0.3 is 4.52 Å². The van der Waals surface area contributed by atoms with E-state index < -0.39 is 0 Å². The second kappa shape index (κ2) is 4.21. The van der Waals surface area contributed by atoms with Gasteiger partial charge in [-0.05, 0) is 27.5 Å². The molecular weight excluding hydrogens is 274 g/mol. The maximum atomic E-state index is 5.00. The molecule has 0 radical (unpaired) electrons. The molecule has 68 valence electrons. The maximum Gasteiger partial charge on any atom is 0.170 e. The SMILES string of the molecule is Brc1cc(CSc2ncns2)on1. The van der Waals surface area contributed by atoms with Gasteiger partial charge in [-0.25, -0.2) is 4.98 Å². The summed E-state index contributed by atoms with van der Waals surface area (Å²) in [6.45, 7) is 0. The minimum Gasteiger partial charge on any atom is -0.359 e. The fourth-order valence-corrected chi connectivity index (χ4v) is 2.36. The molecule has 0 aliphatic heterocycles. The average molecular weight is 278 g/mol. The zero-order valence-electron chi connectivity index (χ0n) is 6.31. The van der Waals surface area contributed by atoms with Crippen LogP contribution < -0.4 is 0 Å². The highest BCUT2D eigenvalue weighted by molar-refractivity contribution is 9.10. The number of rotatable bonds is 3. The zero-order chi connectivity index (χ0) is 9.10. The molecule has 13 heavy (non-hydrogen) atoms. The van der Waals surface area contributed by atoms with E-state index in [9.17, 15) is 0 Å². The van der Waals surface area contributed by atoms with Crippen LogP contribution in [0.3, 0.4) is 0 Å². The van der Waals surface area contributed by atoms with Gasteiger partial charge in [0.2, 0.25) is 0 Å². The van der Waals surface area contributed by atoms with E-state index in [-0.39, 0.29) is 0 Å². The molecule has 0 aliphatic rings. The summed E-state index contributed by atoms with van der Waals surface area (Å²) in [6.07, 6.45) is 1.54. The van der Waals surface area contributed by atoms with E-state index in [1.165, 1.54) is 11.5 Å². The summed E-state index contributed by atoms with van der Waals surface area (Å²) in [5.41, 5.74) is 0. The number of hydrogen-bond donors (Lipinski definition) is 0. The number of aromatic nitrogens is 3. The molecule has 0 bridgehead atoms. The molecule has 0 N–H and O–H groups in total. The summed E-state index contributed by atoms with van der Waals surface area (Å²) in [5, 5.41) is 3.71. The molecule has 0 aromatic carbocycles. The molecular formula is C6H4BrN3OS2. The van der Waals surface area contributed by atoms with Crippen LogP contribution in [-0.2, 0) is 5.75 Å². The number of thioether (sulfide) groups is 1. The highest BCUT2D eigenvalue weighted by atomic mass is 79.9. The molecule has 0 aliphatic carbocycles. The van der Waals surface area contributed by atoms with Crippen molar-refractivity contribution in [3.8, 4) is 0 Å². The summed E-state index contributed by atoms with van der Waals surface area (Å²) in [4.78, 5) is 4.03. The molecule has 0 fully saturated rings. The highest BCUT2D eigenvalue weighted by Crippen LogP contribution is 2.24. The minimum atomic E-state index is 0.723. The fraction of sp³-hybridized carbons (Fsp3) is 0.167. The second-order valence-electron chi connectivity index (χ2n) is 2.11. The molecule has 0 saturated carbocycles. The first-order chi connectivity index (χ1) is 6.34. The van der Waals surface area contributed by atoms with Crippen LogP contribution in [-0.4, -0.2) is 14.5 Å². The van der Waals surface area contributed by atoms with Gasteiger partial charge in [-0.2, -0.15) is 4.37 Å².